The molecule has 0 saturated heterocycles. The zero-order valence-electron chi connectivity index (χ0n) is 12.7. The first-order valence-corrected chi connectivity index (χ1v) is 7.58. The predicted molar refractivity (Wildman–Crippen MR) is 81.2 cm³/mol. The smallest absolute Gasteiger partial charge is 0.341 e. The van der Waals surface area contributed by atoms with Crippen LogP contribution in [-0.4, -0.2) is 28.3 Å². The van der Waals surface area contributed by atoms with E-state index in [1.807, 2.05) is 6.92 Å². The van der Waals surface area contributed by atoms with Crippen LogP contribution >= 0.6 is 11.3 Å². The molecule has 0 aliphatic heterocycles. The molecule has 0 radical (unpaired) electrons. The highest BCUT2D eigenvalue weighted by Crippen LogP contribution is 2.33. The molecule has 2 rings (SSSR count). The van der Waals surface area contributed by atoms with Crippen LogP contribution in [-0.2, 0) is 4.74 Å². The topological polar surface area (TPSA) is 73.2 Å². The van der Waals surface area contributed by atoms with Gasteiger partial charge in [0.2, 0.25) is 0 Å². The average Bonchev–Trinajstić information content (AvgIpc) is 3.06. The predicted octanol–water partition coefficient (Wildman–Crippen LogP) is 3.39. The number of nitrogens with one attached hydrogen (secondary N) is 1. The molecule has 1 amide bonds. The number of nitrogens with zero attached hydrogens (tertiary/aromatic N) is 2. The summed E-state index contributed by atoms with van der Waals surface area (Å²) in [5, 5.41) is 6.34. The molecule has 2 aromatic heterocycles. The van der Waals surface area contributed by atoms with Crippen molar-refractivity contribution < 1.29 is 23.1 Å². The van der Waals surface area contributed by atoms with Crippen LogP contribution < -0.4 is 5.32 Å². The molecule has 0 spiro atoms. The van der Waals surface area contributed by atoms with Crippen molar-refractivity contribution in [3.05, 3.63) is 34.0 Å². The number of ether oxygens (including phenoxy) is 1. The van der Waals surface area contributed by atoms with Crippen molar-refractivity contribution >= 4 is 28.2 Å². The maximum atomic E-state index is 12.5. The first-order valence-electron chi connectivity index (χ1n) is 6.76. The Balaban J connectivity index is 2.26. The van der Waals surface area contributed by atoms with Gasteiger partial charge in [0.25, 0.3) is 5.91 Å². The summed E-state index contributed by atoms with van der Waals surface area (Å²) < 4.78 is 30.3. The number of thiophene rings is 1. The van der Waals surface area contributed by atoms with Gasteiger partial charge in [-0.25, -0.2) is 9.48 Å². The number of aromatic nitrogens is 2. The minimum absolute atomic E-state index is 0.163. The molecule has 124 valence electrons. The van der Waals surface area contributed by atoms with E-state index in [-0.39, 0.29) is 17.9 Å². The van der Waals surface area contributed by atoms with Gasteiger partial charge >= 0.3 is 12.5 Å². The van der Waals surface area contributed by atoms with Gasteiger partial charge < -0.3 is 10.1 Å². The number of esters is 1. The second-order valence-electron chi connectivity index (χ2n) is 4.62. The van der Waals surface area contributed by atoms with Crippen molar-refractivity contribution in [2.45, 2.75) is 27.3 Å². The van der Waals surface area contributed by atoms with Crippen LogP contribution in [0.2, 0.25) is 0 Å². The second kappa shape index (κ2) is 6.86. The van der Waals surface area contributed by atoms with Gasteiger partial charge in [-0.05, 0) is 32.4 Å². The Morgan fingerprint density at radius 2 is 2.13 bits per heavy atom. The van der Waals surface area contributed by atoms with Crippen LogP contribution in [0.25, 0.3) is 0 Å². The van der Waals surface area contributed by atoms with Gasteiger partial charge in [-0.15, -0.1) is 11.3 Å². The van der Waals surface area contributed by atoms with Crippen LogP contribution in [0.3, 0.4) is 0 Å². The van der Waals surface area contributed by atoms with Crippen molar-refractivity contribution in [2.24, 2.45) is 0 Å². The third kappa shape index (κ3) is 3.55. The molecule has 0 saturated carbocycles. The van der Waals surface area contributed by atoms with Crippen molar-refractivity contribution in [3.63, 3.8) is 0 Å². The number of aryl methyl sites for hydroxylation is 1. The highest BCUT2D eigenvalue weighted by atomic mass is 32.1. The van der Waals surface area contributed by atoms with Gasteiger partial charge in [-0.2, -0.15) is 13.9 Å². The van der Waals surface area contributed by atoms with E-state index in [0.717, 1.165) is 11.1 Å². The molecule has 2 heterocycles. The van der Waals surface area contributed by atoms with E-state index in [2.05, 4.69) is 10.4 Å². The van der Waals surface area contributed by atoms with Crippen LogP contribution in [0, 0.1) is 13.8 Å². The summed E-state index contributed by atoms with van der Waals surface area (Å²) in [6.07, 6.45) is 1.01. The summed E-state index contributed by atoms with van der Waals surface area (Å²) in [4.78, 5) is 25.0. The van der Waals surface area contributed by atoms with Crippen molar-refractivity contribution in [3.8, 4) is 0 Å². The van der Waals surface area contributed by atoms with Gasteiger partial charge in [-0.3, -0.25) is 4.79 Å². The van der Waals surface area contributed by atoms with Crippen LogP contribution in [0.15, 0.2) is 12.3 Å². The van der Waals surface area contributed by atoms with E-state index < -0.39 is 18.4 Å². The second-order valence-corrected chi connectivity index (χ2v) is 5.85. The van der Waals surface area contributed by atoms with E-state index in [9.17, 15) is 18.4 Å². The van der Waals surface area contributed by atoms with Crippen LogP contribution in [0.5, 0.6) is 0 Å². The Labute approximate surface area is 135 Å². The molecule has 0 fully saturated rings. The van der Waals surface area contributed by atoms with Gasteiger partial charge in [0.05, 0.1) is 12.2 Å². The summed E-state index contributed by atoms with van der Waals surface area (Å²) in [5.41, 5.74) is 0.821. The normalized spacial score (nSPS) is 10.9. The van der Waals surface area contributed by atoms with Gasteiger partial charge in [0.1, 0.15) is 5.00 Å². The monoisotopic (exact) mass is 343 g/mol. The fourth-order valence-electron chi connectivity index (χ4n) is 1.90. The first kappa shape index (κ1) is 17.1. The zero-order chi connectivity index (χ0) is 17.1. The van der Waals surface area contributed by atoms with Crippen molar-refractivity contribution in [1.29, 1.82) is 0 Å². The highest BCUT2D eigenvalue weighted by molar-refractivity contribution is 7.16. The molecule has 0 unspecified atom stereocenters. The van der Waals surface area contributed by atoms with Gasteiger partial charge in [0.15, 0.2) is 5.69 Å². The largest absolute Gasteiger partial charge is 0.462 e. The molecule has 0 atom stereocenters. The van der Waals surface area contributed by atoms with Crippen LogP contribution in [0.4, 0.5) is 13.8 Å². The summed E-state index contributed by atoms with van der Waals surface area (Å²) in [5.74, 6) is -1.21. The molecule has 2 aromatic rings. The highest BCUT2D eigenvalue weighted by Gasteiger charge is 2.23. The minimum atomic E-state index is -2.82. The summed E-state index contributed by atoms with van der Waals surface area (Å²) in [6, 6.07) is 1.18. The fraction of sp³-hybridized carbons (Fsp3) is 0.357. The Hall–Kier alpha value is -2.29. The van der Waals surface area contributed by atoms with E-state index in [1.165, 1.54) is 17.4 Å². The van der Waals surface area contributed by atoms with Crippen molar-refractivity contribution in [1.82, 2.24) is 9.78 Å². The number of carbonyl (C=O) groups excluding carboxylic acids is 2. The SMILES string of the molecule is CCOC(=O)c1c(NC(=O)c2ccn(C(F)F)n2)sc(C)c1C. The molecule has 0 bridgehead atoms. The standard InChI is InChI=1S/C14H15F2N3O3S/c1-4-22-13(21)10-7(2)8(3)23-12(10)17-11(20)9-5-6-19(18-9)14(15)16/h5-6,14H,4H2,1-3H3,(H,17,20). The molecule has 9 heteroatoms. The average molecular weight is 343 g/mol. The summed E-state index contributed by atoms with van der Waals surface area (Å²) >= 11 is 1.22. The maximum absolute atomic E-state index is 12.5. The minimum Gasteiger partial charge on any atom is -0.462 e. The molecular weight excluding hydrogens is 328 g/mol. The maximum Gasteiger partial charge on any atom is 0.341 e. The molecule has 1 N–H and O–H groups in total. The van der Waals surface area contributed by atoms with E-state index >= 15 is 0 Å². The number of hydrogen-bond donors (Lipinski definition) is 1. The molecule has 0 aromatic carbocycles. The van der Waals surface area contributed by atoms with E-state index in [1.54, 1.807) is 13.8 Å². The Kier molecular flexibility index (Phi) is 5.09. The quantitative estimate of drug-likeness (QED) is 0.845. The third-order valence-corrected chi connectivity index (χ3v) is 4.26. The lowest BCUT2D eigenvalue weighted by molar-refractivity contribution is 0.0526. The number of halogens is 2. The third-order valence-electron chi connectivity index (χ3n) is 3.13. The number of amides is 1. The number of carbonyl (C=O) groups is 2. The van der Waals surface area contributed by atoms with Gasteiger partial charge in [0, 0.05) is 11.1 Å². The van der Waals surface area contributed by atoms with Crippen molar-refractivity contribution in [2.75, 3.05) is 11.9 Å². The number of alkyl halides is 2. The molecule has 6 nitrogen and oxygen atoms in total. The van der Waals surface area contributed by atoms with Crippen LogP contribution in [0.1, 0.15) is 44.8 Å². The first-order chi connectivity index (χ1) is 10.8. The lowest BCUT2D eigenvalue weighted by Crippen LogP contribution is -2.16. The lowest BCUT2D eigenvalue weighted by atomic mass is 10.1. The molecular formula is C14H15F2N3O3S. The molecule has 23 heavy (non-hydrogen) atoms. The van der Waals surface area contributed by atoms with Gasteiger partial charge in [-0.1, -0.05) is 0 Å². The Morgan fingerprint density at radius 3 is 2.70 bits per heavy atom. The Bertz CT molecular complexity index is 740. The summed E-state index contributed by atoms with van der Waals surface area (Å²) in [7, 11) is 0. The Morgan fingerprint density at radius 1 is 1.43 bits per heavy atom. The number of hydrogen-bond acceptors (Lipinski definition) is 5. The lowest BCUT2D eigenvalue weighted by Gasteiger charge is -2.06. The van der Waals surface area contributed by atoms with E-state index in [0.29, 0.717) is 15.2 Å². The molecule has 0 aliphatic carbocycles. The van der Waals surface area contributed by atoms with E-state index in [4.69, 9.17) is 4.74 Å². The number of rotatable bonds is 5. The fourth-order valence-corrected chi connectivity index (χ4v) is 2.94. The summed E-state index contributed by atoms with van der Waals surface area (Å²) in [6.45, 7) is 2.63. The number of anilines is 1. The molecule has 0 aliphatic rings. The zero-order valence-corrected chi connectivity index (χ0v) is 13.5.